The van der Waals surface area contributed by atoms with E-state index in [1.807, 2.05) is 0 Å². The number of carbonyl (C=O) groups excluding carboxylic acids is 1. The second kappa shape index (κ2) is 9.81. The lowest BCUT2D eigenvalue weighted by Gasteiger charge is -2.13. The van der Waals surface area contributed by atoms with Crippen molar-refractivity contribution in [3.05, 3.63) is 78.1 Å². The fourth-order valence-corrected chi connectivity index (χ4v) is 3.02. The van der Waals surface area contributed by atoms with Crippen molar-refractivity contribution < 1.29 is 23.4 Å². The summed E-state index contributed by atoms with van der Waals surface area (Å²) in [6.07, 6.45) is 3.09. The van der Waals surface area contributed by atoms with Crippen LogP contribution in [-0.2, 0) is 13.3 Å². The van der Waals surface area contributed by atoms with Crippen LogP contribution in [0.5, 0.6) is 17.2 Å². The first-order chi connectivity index (χ1) is 16.1. The van der Waals surface area contributed by atoms with E-state index in [2.05, 4.69) is 20.5 Å². The summed E-state index contributed by atoms with van der Waals surface area (Å²) in [4.78, 5) is 16.6. The number of para-hydroxylation sites is 1. The number of aromatic nitrogens is 5. The van der Waals surface area contributed by atoms with Gasteiger partial charge in [-0.25, -0.2) is 18.7 Å². The van der Waals surface area contributed by atoms with Gasteiger partial charge in [-0.1, -0.05) is 18.2 Å². The molecule has 0 fully saturated rings. The van der Waals surface area contributed by atoms with Gasteiger partial charge in [0.15, 0.2) is 23.9 Å². The van der Waals surface area contributed by atoms with E-state index >= 15 is 0 Å². The molecule has 0 aliphatic rings. The average Bonchev–Trinajstić information content (AvgIpc) is 3.48. The molecule has 0 radical (unpaired) electrons. The normalized spacial score (nSPS) is 10.6. The smallest absolute Gasteiger partial charge is 0.278 e. The lowest BCUT2D eigenvalue weighted by Crippen LogP contribution is -2.15. The summed E-state index contributed by atoms with van der Waals surface area (Å²) in [5, 5.41) is 11.0. The SMILES string of the molecule is COc1cccc(OC)c1OCn1ccc(C(=O)Nc2ncn(Cc3ccc(F)cc3)n2)n1. The summed E-state index contributed by atoms with van der Waals surface area (Å²) in [5.41, 5.74) is 1.02. The lowest BCUT2D eigenvalue weighted by atomic mass is 10.2. The van der Waals surface area contributed by atoms with Gasteiger partial charge >= 0.3 is 0 Å². The molecule has 33 heavy (non-hydrogen) atoms. The number of hydrogen-bond acceptors (Lipinski definition) is 7. The molecular weight excluding hydrogens is 431 g/mol. The van der Waals surface area contributed by atoms with E-state index in [0.29, 0.717) is 23.8 Å². The standard InChI is InChI=1S/C22H21FN6O4/c1-31-18-4-3-5-19(32-2)20(18)33-14-28-11-10-17(26-28)21(30)25-22-24-13-29(27-22)12-15-6-8-16(23)9-7-15/h3-11,13H,12,14H2,1-2H3,(H,25,27,30). The molecule has 0 spiro atoms. The van der Waals surface area contributed by atoms with Crippen LogP contribution in [0.4, 0.5) is 10.3 Å². The van der Waals surface area contributed by atoms with E-state index in [1.165, 1.54) is 42.0 Å². The minimum absolute atomic E-state index is 0.0363. The van der Waals surface area contributed by atoms with E-state index in [4.69, 9.17) is 14.2 Å². The van der Waals surface area contributed by atoms with Crippen molar-refractivity contribution in [3.63, 3.8) is 0 Å². The molecule has 0 aliphatic heterocycles. The van der Waals surface area contributed by atoms with E-state index < -0.39 is 5.91 Å². The second-order valence-electron chi connectivity index (χ2n) is 6.85. The third-order valence-corrected chi connectivity index (χ3v) is 4.62. The van der Waals surface area contributed by atoms with Gasteiger partial charge in [0.25, 0.3) is 5.91 Å². The number of halogens is 1. The van der Waals surface area contributed by atoms with E-state index in [-0.39, 0.29) is 24.2 Å². The highest BCUT2D eigenvalue weighted by molar-refractivity contribution is 6.01. The van der Waals surface area contributed by atoms with Crippen LogP contribution < -0.4 is 19.5 Å². The van der Waals surface area contributed by atoms with Crippen molar-refractivity contribution in [2.75, 3.05) is 19.5 Å². The summed E-state index contributed by atoms with van der Waals surface area (Å²) < 4.78 is 32.4. The van der Waals surface area contributed by atoms with Crippen molar-refractivity contribution >= 4 is 11.9 Å². The second-order valence-corrected chi connectivity index (χ2v) is 6.85. The average molecular weight is 452 g/mol. The van der Waals surface area contributed by atoms with Crippen molar-refractivity contribution in [3.8, 4) is 17.2 Å². The minimum atomic E-state index is -0.469. The van der Waals surface area contributed by atoms with Crippen LogP contribution >= 0.6 is 0 Å². The summed E-state index contributed by atoms with van der Waals surface area (Å²) in [5.74, 6) is 0.815. The topological polar surface area (TPSA) is 105 Å². The molecule has 170 valence electrons. The fraction of sp³-hybridized carbons (Fsp3) is 0.182. The lowest BCUT2D eigenvalue weighted by molar-refractivity contribution is 0.101. The predicted octanol–water partition coefficient (Wildman–Crippen LogP) is 2.97. The molecule has 0 saturated heterocycles. The molecule has 0 saturated carbocycles. The molecule has 0 atom stereocenters. The fourth-order valence-electron chi connectivity index (χ4n) is 3.02. The van der Waals surface area contributed by atoms with Crippen LogP contribution in [0.15, 0.2) is 61.1 Å². The quantitative estimate of drug-likeness (QED) is 0.416. The third-order valence-electron chi connectivity index (χ3n) is 4.62. The Morgan fingerprint density at radius 1 is 1.00 bits per heavy atom. The van der Waals surface area contributed by atoms with Gasteiger partial charge in [0.2, 0.25) is 11.7 Å². The largest absolute Gasteiger partial charge is 0.493 e. The number of benzene rings is 2. The Hall–Kier alpha value is -4.41. The van der Waals surface area contributed by atoms with Crippen molar-refractivity contribution in [2.45, 2.75) is 13.3 Å². The molecular formula is C22H21FN6O4. The molecule has 2 aromatic heterocycles. The van der Waals surface area contributed by atoms with Gasteiger partial charge in [-0.15, -0.1) is 5.10 Å². The first-order valence-corrected chi connectivity index (χ1v) is 9.88. The summed E-state index contributed by atoms with van der Waals surface area (Å²) in [7, 11) is 3.07. The van der Waals surface area contributed by atoms with Gasteiger partial charge in [0.05, 0.1) is 20.8 Å². The van der Waals surface area contributed by atoms with Gasteiger partial charge in [0.1, 0.15) is 12.1 Å². The van der Waals surface area contributed by atoms with Gasteiger partial charge < -0.3 is 14.2 Å². The molecule has 0 unspecified atom stereocenters. The number of methoxy groups -OCH3 is 2. The van der Waals surface area contributed by atoms with Gasteiger partial charge in [-0.2, -0.15) is 5.10 Å². The van der Waals surface area contributed by atoms with Crippen LogP contribution in [0.1, 0.15) is 16.1 Å². The Morgan fingerprint density at radius 2 is 1.73 bits per heavy atom. The number of carbonyl (C=O) groups is 1. The molecule has 4 aromatic rings. The minimum Gasteiger partial charge on any atom is -0.493 e. The van der Waals surface area contributed by atoms with Crippen LogP contribution in [0.3, 0.4) is 0 Å². The van der Waals surface area contributed by atoms with Gasteiger partial charge in [0, 0.05) is 6.20 Å². The molecule has 4 rings (SSSR count). The zero-order chi connectivity index (χ0) is 23.2. The van der Waals surface area contributed by atoms with E-state index in [0.717, 1.165) is 5.56 Å². The summed E-state index contributed by atoms with van der Waals surface area (Å²) in [6.45, 7) is 0.427. The number of nitrogens with one attached hydrogen (secondary N) is 1. The van der Waals surface area contributed by atoms with Crippen LogP contribution in [0.2, 0.25) is 0 Å². The van der Waals surface area contributed by atoms with E-state index in [9.17, 15) is 9.18 Å². The molecule has 2 aromatic carbocycles. The Balaban J connectivity index is 1.36. The zero-order valence-electron chi connectivity index (χ0n) is 17.9. The van der Waals surface area contributed by atoms with Gasteiger partial charge in [-0.3, -0.25) is 10.1 Å². The summed E-state index contributed by atoms with van der Waals surface area (Å²) >= 11 is 0. The number of ether oxygens (including phenoxy) is 3. The molecule has 0 bridgehead atoms. The molecule has 2 heterocycles. The van der Waals surface area contributed by atoms with Crippen LogP contribution in [-0.4, -0.2) is 44.7 Å². The molecule has 1 amide bonds. The maximum atomic E-state index is 13.0. The van der Waals surface area contributed by atoms with Crippen molar-refractivity contribution in [2.24, 2.45) is 0 Å². The molecule has 11 heteroatoms. The predicted molar refractivity (Wildman–Crippen MR) is 116 cm³/mol. The molecule has 0 aliphatic carbocycles. The van der Waals surface area contributed by atoms with Crippen LogP contribution in [0.25, 0.3) is 0 Å². The monoisotopic (exact) mass is 452 g/mol. The summed E-state index contributed by atoms with van der Waals surface area (Å²) in [6, 6.07) is 12.9. The van der Waals surface area contributed by atoms with E-state index in [1.54, 1.807) is 42.6 Å². The van der Waals surface area contributed by atoms with Crippen molar-refractivity contribution in [1.29, 1.82) is 0 Å². The number of anilines is 1. The Morgan fingerprint density at radius 3 is 2.42 bits per heavy atom. The number of amides is 1. The Bertz CT molecular complexity index is 1220. The highest BCUT2D eigenvalue weighted by Crippen LogP contribution is 2.36. The first-order valence-electron chi connectivity index (χ1n) is 9.88. The number of nitrogens with zero attached hydrogens (tertiary/aromatic N) is 5. The van der Waals surface area contributed by atoms with Crippen LogP contribution in [0, 0.1) is 5.82 Å². The first kappa shape index (κ1) is 21.8. The maximum Gasteiger partial charge on any atom is 0.278 e. The van der Waals surface area contributed by atoms with Gasteiger partial charge in [-0.05, 0) is 35.9 Å². The number of hydrogen-bond donors (Lipinski definition) is 1. The highest BCUT2D eigenvalue weighted by Gasteiger charge is 2.15. The Labute approximate surface area is 188 Å². The number of rotatable bonds is 9. The zero-order valence-corrected chi connectivity index (χ0v) is 17.9. The maximum absolute atomic E-state index is 13.0. The Kier molecular flexibility index (Phi) is 6.48. The van der Waals surface area contributed by atoms with Crippen molar-refractivity contribution in [1.82, 2.24) is 24.5 Å². The molecule has 1 N–H and O–H groups in total. The highest BCUT2D eigenvalue weighted by atomic mass is 19.1. The molecule has 10 nitrogen and oxygen atoms in total. The third kappa shape index (κ3) is 5.26.